The number of carboxylic acids is 1. The van der Waals surface area contributed by atoms with Crippen molar-refractivity contribution in [2.75, 3.05) is 5.75 Å². The summed E-state index contributed by atoms with van der Waals surface area (Å²) >= 11 is 3.87. The average Bonchev–Trinajstić information content (AvgIpc) is 2.69. The SMILES string of the molecule is CC(C)C(NC(=O)C(CCC(N)=O)NC(=O)C(N)CCC(N)=O)C(=O)NC(CS)C(=O)O. The van der Waals surface area contributed by atoms with E-state index >= 15 is 0 Å². The fraction of sp³-hybridized carbons (Fsp3) is 0.667. The third-order valence-corrected chi connectivity index (χ3v) is 4.76. The molecular weight excluding hydrogens is 444 g/mol. The van der Waals surface area contributed by atoms with E-state index < -0.39 is 65.6 Å². The molecule has 0 aliphatic rings. The van der Waals surface area contributed by atoms with Crippen LogP contribution in [0.1, 0.15) is 39.5 Å². The minimum absolute atomic E-state index is 0.0529. The van der Waals surface area contributed by atoms with Crippen LogP contribution in [0.4, 0.5) is 0 Å². The van der Waals surface area contributed by atoms with Gasteiger partial charge in [-0.2, -0.15) is 12.6 Å². The van der Waals surface area contributed by atoms with Crippen LogP contribution in [0.3, 0.4) is 0 Å². The smallest absolute Gasteiger partial charge is 0.327 e. The highest BCUT2D eigenvalue weighted by Gasteiger charge is 2.31. The number of rotatable bonds is 15. The van der Waals surface area contributed by atoms with Gasteiger partial charge in [-0.1, -0.05) is 13.8 Å². The maximum absolute atomic E-state index is 12.8. The predicted molar refractivity (Wildman–Crippen MR) is 117 cm³/mol. The van der Waals surface area contributed by atoms with Gasteiger partial charge < -0.3 is 38.3 Å². The van der Waals surface area contributed by atoms with Crippen molar-refractivity contribution in [2.24, 2.45) is 23.1 Å². The van der Waals surface area contributed by atoms with E-state index in [1.165, 1.54) is 0 Å². The lowest BCUT2D eigenvalue weighted by Gasteiger charge is -2.26. The molecular formula is C18H32N6O7S. The van der Waals surface area contributed by atoms with Gasteiger partial charge in [0.2, 0.25) is 29.5 Å². The number of aliphatic carboxylic acids is 1. The number of primary amides is 2. The van der Waals surface area contributed by atoms with Gasteiger partial charge >= 0.3 is 5.97 Å². The maximum Gasteiger partial charge on any atom is 0.327 e. The summed E-state index contributed by atoms with van der Waals surface area (Å²) in [6, 6.07) is -4.80. The molecule has 14 heteroatoms. The van der Waals surface area contributed by atoms with Crippen LogP contribution in [0.2, 0.25) is 0 Å². The highest BCUT2D eigenvalue weighted by Crippen LogP contribution is 2.06. The molecule has 5 amide bonds. The number of carbonyl (C=O) groups is 6. The lowest BCUT2D eigenvalue weighted by molar-refractivity contribution is -0.142. The third kappa shape index (κ3) is 10.9. The molecule has 0 aliphatic heterocycles. The van der Waals surface area contributed by atoms with Crippen molar-refractivity contribution in [3.8, 4) is 0 Å². The van der Waals surface area contributed by atoms with Crippen molar-refractivity contribution in [1.29, 1.82) is 0 Å². The summed E-state index contributed by atoms with van der Waals surface area (Å²) in [5.74, 6) is -5.59. The fourth-order valence-corrected chi connectivity index (χ4v) is 2.75. The number of thiol groups is 1. The van der Waals surface area contributed by atoms with Crippen LogP contribution < -0.4 is 33.2 Å². The van der Waals surface area contributed by atoms with Crippen molar-refractivity contribution >= 4 is 48.1 Å². The summed E-state index contributed by atoms with van der Waals surface area (Å²) < 4.78 is 0. The van der Waals surface area contributed by atoms with Gasteiger partial charge in [-0.25, -0.2) is 4.79 Å². The van der Waals surface area contributed by atoms with E-state index in [2.05, 4.69) is 28.6 Å². The van der Waals surface area contributed by atoms with Gasteiger partial charge in [-0.3, -0.25) is 24.0 Å². The summed E-state index contributed by atoms with van der Waals surface area (Å²) in [6.45, 7) is 3.25. The van der Waals surface area contributed by atoms with E-state index in [0.29, 0.717) is 0 Å². The zero-order valence-corrected chi connectivity index (χ0v) is 18.9. The summed E-state index contributed by atoms with van der Waals surface area (Å²) in [4.78, 5) is 70.7. The second-order valence-corrected chi connectivity index (χ2v) is 7.86. The molecule has 32 heavy (non-hydrogen) atoms. The Hall–Kier alpha value is -2.87. The third-order valence-electron chi connectivity index (χ3n) is 4.39. The minimum Gasteiger partial charge on any atom is -0.480 e. The molecule has 0 bridgehead atoms. The lowest BCUT2D eigenvalue weighted by atomic mass is 10.0. The van der Waals surface area contributed by atoms with Gasteiger partial charge in [0.1, 0.15) is 18.1 Å². The molecule has 0 aromatic rings. The fourth-order valence-electron chi connectivity index (χ4n) is 2.50. The van der Waals surface area contributed by atoms with E-state index in [0.717, 1.165) is 0 Å². The van der Waals surface area contributed by atoms with Crippen molar-refractivity contribution in [3.05, 3.63) is 0 Å². The number of carboxylic acid groups (broad SMARTS) is 1. The number of hydrogen-bond acceptors (Lipinski definition) is 8. The highest BCUT2D eigenvalue weighted by atomic mass is 32.1. The number of hydrogen-bond donors (Lipinski definition) is 8. The van der Waals surface area contributed by atoms with E-state index in [9.17, 15) is 28.8 Å². The van der Waals surface area contributed by atoms with E-state index in [1.54, 1.807) is 13.8 Å². The number of amides is 5. The van der Waals surface area contributed by atoms with Crippen molar-refractivity contribution in [2.45, 2.75) is 63.7 Å². The summed E-state index contributed by atoms with van der Waals surface area (Å²) in [7, 11) is 0. The maximum atomic E-state index is 12.8. The largest absolute Gasteiger partial charge is 0.480 e. The molecule has 0 rings (SSSR count). The first kappa shape index (κ1) is 29.1. The van der Waals surface area contributed by atoms with Crippen LogP contribution in [-0.2, 0) is 28.8 Å². The lowest BCUT2D eigenvalue weighted by Crippen LogP contribution is -2.58. The van der Waals surface area contributed by atoms with Crippen LogP contribution in [0, 0.1) is 5.92 Å². The molecule has 0 saturated heterocycles. The number of nitrogens with two attached hydrogens (primary N) is 3. The zero-order chi connectivity index (χ0) is 25.0. The van der Waals surface area contributed by atoms with Gasteiger partial charge in [0.15, 0.2) is 0 Å². The molecule has 4 unspecified atom stereocenters. The van der Waals surface area contributed by atoms with E-state index in [1.807, 2.05) is 0 Å². The zero-order valence-electron chi connectivity index (χ0n) is 18.0. The molecule has 13 nitrogen and oxygen atoms in total. The first-order valence-electron chi connectivity index (χ1n) is 9.87. The van der Waals surface area contributed by atoms with Crippen LogP contribution >= 0.6 is 12.6 Å². The molecule has 0 saturated carbocycles. The Morgan fingerprint density at radius 3 is 1.75 bits per heavy atom. The minimum atomic E-state index is -1.29. The first-order chi connectivity index (χ1) is 14.8. The van der Waals surface area contributed by atoms with Gasteiger partial charge in [0.25, 0.3) is 0 Å². The molecule has 0 radical (unpaired) electrons. The van der Waals surface area contributed by atoms with Gasteiger partial charge in [0, 0.05) is 18.6 Å². The Balaban J connectivity index is 5.38. The normalized spacial score (nSPS) is 14.5. The van der Waals surface area contributed by atoms with Gasteiger partial charge in [-0.15, -0.1) is 0 Å². The Kier molecular flexibility index (Phi) is 13.0. The van der Waals surface area contributed by atoms with Crippen LogP contribution in [-0.4, -0.2) is 70.5 Å². The van der Waals surface area contributed by atoms with Crippen molar-refractivity contribution in [3.63, 3.8) is 0 Å². The Labute approximate surface area is 191 Å². The van der Waals surface area contributed by atoms with E-state index in [-0.39, 0.29) is 31.4 Å². The second kappa shape index (κ2) is 14.2. The monoisotopic (exact) mass is 476 g/mol. The number of nitrogens with one attached hydrogen (secondary N) is 3. The Morgan fingerprint density at radius 2 is 1.31 bits per heavy atom. The molecule has 10 N–H and O–H groups in total. The van der Waals surface area contributed by atoms with E-state index in [4.69, 9.17) is 22.3 Å². The van der Waals surface area contributed by atoms with Crippen LogP contribution in [0.15, 0.2) is 0 Å². The number of carbonyl (C=O) groups excluding carboxylic acids is 5. The highest BCUT2D eigenvalue weighted by molar-refractivity contribution is 7.80. The topological polar surface area (TPSA) is 237 Å². The van der Waals surface area contributed by atoms with Gasteiger partial charge in [-0.05, 0) is 18.8 Å². The quantitative estimate of drug-likeness (QED) is 0.113. The molecule has 0 spiro atoms. The van der Waals surface area contributed by atoms with Crippen molar-refractivity contribution < 1.29 is 33.9 Å². The predicted octanol–water partition coefficient (Wildman–Crippen LogP) is -3.03. The van der Waals surface area contributed by atoms with Crippen LogP contribution in [0.5, 0.6) is 0 Å². The molecule has 0 aliphatic carbocycles. The van der Waals surface area contributed by atoms with Gasteiger partial charge in [0.05, 0.1) is 6.04 Å². The second-order valence-electron chi connectivity index (χ2n) is 7.49. The molecule has 4 atom stereocenters. The standard InChI is InChI=1S/C18H32N6O7S/c1-8(2)14(17(29)23-11(7-32)18(30)31)24-16(28)10(4-6-13(21)26)22-15(27)9(19)3-5-12(20)25/h8-11,14,32H,3-7,19H2,1-2H3,(H2,20,25)(H2,21,26)(H,22,27)(H,23,29)(H,24,28)(H,30,31). The molecule has 0 heterocycles. The molecule has 0 fully saturated rings. The average molecular weight is 477 g/mol. The Bertz CT molecular complexity index is 718. The Morgan fingerprint density at radius 1 is 0.812 bits per heavy atom. The first-order valence-corrected chi connectivity index (χ1v) is 10.5. The molecule has 0 aromatic heterocycles. The van der Waals surface area contributed by atoms with Crippen LogP contribution in [0.25, 0.3) is 0 Å². The van der Waals surface area contributed by atoms with Crippen molar-refractivity contribution in [1.82, 2.24) is 16.0 Å². The summed E-state index contributed by atoms with van der Waals surface area (Å²) in [5, 5.41) is 16.2. The molecule has 0 aromatic carbocycles. The molecule has 182 valence electrons. The summed E-state index contributed by atoms with van der Waals surface area (Å²) in [6.07, 6.45) is -0.606. The summed E-state index contributed by atoms with van der Waals surface area (Å²) in [5.41, 5.74) is 15.8.